The standard InChI is InChI=1S/C7H7N3OS/c1-2-6-9-10-5(4-11)3-8-7(10)12-6/h3-4H,2H2,1H3. The summed E-state index contributed by atoms with van der Waals surface area (Å²) < 4.78 is 1.58. The number of aldehydes is 1. The van der Waals surface area contributed by atoms with Gasteiger partial charge in [-0.05, 0) is 6.42 Å². The van der Waals surface area contributed by atoms with Crippen LogP contribution in [0.5, 0.6) is 0 Å². The molecule has 0 saturated heterocycles. The van der Waals surface area contributed by atoms with Crippen molar-refractivity contribution >= 4 is 22.6 Å². The minimum absolute atomic E-state index is 0.515. The topological polar surface area (TPSA) is 47.3 Å². The van der Waals surface area contributed by atoms with E-state index in [0.717, 1.165) is 22.7 Å². The highest BCUT2D eigenvalue weighted by molar-refractivity contribution is 7.16. The van der Waals surface area contributed by atoms with Crippen molar-refractivity contribution in [3.8, 4) is 0 Å². The van der Waals surface area contributed by atoms with E-state index in [1.165, 1.54) is 17.5 Å². The average molecular weight is 181 g/mol. The van der Waals surface area contributed by atoms with E-state index in [1.54, 1.807) is 4.52 Å². The van der Waals surface area contributed by atoms with Gasteiger partial charge in [0.05, 0.1) is 6.20 Å². The van der Waals surface area contributed by atoms with Crippen molar-refractivity contribution in [2.45, 2.75) is 13.3 Å². The lowest BCUT2D eigenvalue weighted by molar-refractivity contribution is 0.111. The molecule has 0 atom stereocenters. The summed E-state index contributed by atoms with van der Waals surface area (Å²) in [6, 6.07) is 0. The molecule has 0 bridgehead atoms. The van der Waals surface area contributed by atoms with Crippen molar-refractivity contribution in [1.82, 2.24) is 14.6 Å². The molecule has 0 fully saturated rings. The molecule has 0 aliphatic rings. The van der Waals surface area contributed by atoms with Crippen molar-refractivity contribution in [3.63, 3.8) is 0 Å². The van der Waals surface area contributed by atoms with Crippen LogP contribution in [-0.2, 0) is 6.42 Å². The Balaban J connectivity index is 2.68. The van der Waals surface area contributed by atoms with Gasteiger partial charge in [-0.15, -0.1) is 0 Å². The van der Waals surface area contributed by atoms with E-state index in [2.05, 4.69) is 10.1 Å². The van der Waals surface area contributed by atoms with Gasteiger partial charge in [0.2, 0.25) is 4.96 Å². The smallest absolute Gasteiger partial charge is 0.212 e. The van der Waals surface area contributed by atoms with Crippen LogP contribution < -0.4 is 0 Å². The molecule has 12 heavy (non-hydrogen) atoms. The molecule has 0 aliphatic heterocycles. The molecular weight excluding hydrogens is 174 g/mol. The molecule has 0 amide bonds. The maximum Gasteiger partial charge on any atom is 0.212 e. The Hall–Kier alpha value is -1.23. The highest BCUT2D eigenvalue weighted by atomic mass is 32.1. The fourth-order valence-electron chi connectivity index (χ4n) is 0.972. The second kappa shape index (κ2) is 2.67. The Bertz CT molecular complexity index is 417. The summed E-state index contributed by atoms with van der Waals surface area (Å²) in [5.41, 5.74) is 0.515. The molecule has 0 radical (unpaired) electrons. The van der Waals surface area contributed by atoms with Gasteiger partial charge < -0.3 is 0 Å². The zero-order valence-electron chi connectivity index (χ0n) is 6.52. The summed E-state index contributed by atoms with van der Waals surface area (Å²) in [7, 11) is 0. The second-order valence-electron chi connectivity index (χ2n) is 2.34. The van der Waals surface area contributed by atoms with Crippen LogP contribution in [0.4, 0.5) is 0 Å². The molecule has 0 aliphatic carbocycles. The molecule has 4 nitrogen and oxygen atoms in total. The first-order chi connectivity index (χ1) is 5.85. The molecule has 2 aromatic heterocycles. The van der Waals surface area contributed by atoms with Crippen LogP contribution in [0, 0.1) is 0 Å². The van der Waals surface area contributed by atoms with Crippen molar-refractivity contribution < 1.29 is 4.79 Å². The monoisotopic (exact) mass is 181 g/mol. The van der Waals surface area contributed by atoms with E-state index in [0.29, 0.717) is 5.69 Å². The molecule has 62 valence electrons. The van der Waals surface area contributed by atoms with E-state index in [-0.39, 0.29) is 0 Å². The maximum atomic E-state index is 10.5. The third kappa shape index (κ3) is 0.937. The van der Waals surface area contributed by atoms with Crippen LogP contribution >= 0.6 is 11.3 Å². The van der Waals surface area contributed by atoms with Crippen molar-refractivity contribution in [2.24, 2.45) is 0 Å². The molecule has 0 spiro atoms. The zero-order chi connectivity index (χ0) is 8.55. The first-order valence-corrected chi connectivity index (χ1v) is 4.45. The minimum atomic E-state index is 0.515. The molecule has 0 N–H and O–H groups in total. The molecule has 2 heterocycles. The van der Waals surface area contributed by atoms with Gasteiger partial charge >= 0.3 is 0 Å². The summed E-state index contributed by atoms with van der Waals surface area (Å²) in [5.74, 6) is 0. The van der Waals surface area contributed by atoms with Gasteiger partial charge in [0, 0.05) is 0 Å². The third-order valence-corrected chi connectivity index (χ3v) is 2.64. The number of carbonyl (C=O) groups excluding carboxylic acids is 1. The summed E-state index contributed by atoms with van der Waals surface area (Å²) >= 11 is 1.52. The lowest BCUT2D eigenvalue weighted by Crippen LogP contribution is -1.91. The summed E-state index contributed by atoms with van der Waals surface area (Å²) in [4.78, 5) is 15.3. The number of rotatable bonds is 2. The molecule has 0 aromatic carbocycles. The Morgan fingerprint density at radius 1 is 1.75 bits per heavy atom. The highest BCUT2D eigenvalue weighted by Gasteiger charge is 2.06. The summed E-state index contributed by atoms with van der Waals surface area (Å²) in [5, 5.41) is 5.20. The van der Waals surface area contributed by atoms with E-state index in [1.807, 2.05) is 6.92 Å². The molecule has 5 heteroatoms. The predicted octanol–water partition coefficient (Wildman–Crippen LogP) is 1.17. The lowest BCUT2D eigenvalue weighted by atomic mass is 10.5. The Labute approximate surface area is 72.9 Å². The normalized spacial score (nSPS) is 10.8. The van der Waals surface area contributed by atoms with Crippen LogP contribution in [-0.4, -0.2) is 20.9 Å². The van der Waals surface area contributed by atoms with E-state index < -0.39 is 0 Å². The zero-order valence-corrected chi connectivity index (χ0v) is 7.34. The van der Waals surface area contributed by atoms with Gasteiger partial charge in [-0.25, -0.2) is 9.50 Å². The average Bonchev–Trinajstić information content (AvgIpc) is 2.61. The van der Waals surface area contributed by atoms with Crippen LogP contribution in [0.25, 0.3) is 4.96 Å². The number of aryl methyl sites for hydroxylation is 1. The largest absolute Gasteiger partial charge is 0.296 e. The van der Waals surface area contributed by atoms with Gasteiger partial charge in [0.1, 0.15) is 10.7 Å². The number of carbonyl (C=O) groups is 1. The summed E-state index contributed by atoms with van der Waals surface area (Å²) in [6.45, 7) is 2.03. The van der Waals surface area contributed by atoms with Crippen LogP contribution in [0.3, 0.4) is 0 Å². The van der Waals surface area contributed by atoms with Crippen molar-refractivity contribution in [1.29, 1.82) is 0 Å². The van der Waals surface area contributed by atoms with Crippen molar-refractivity contribution in [2.75, 3.05) is 0 Å². The van der Waals surface area contributed by atoms with E-state index in [4.69, 9.17) is 0 Å². The number of aromatic nitrogens is 3. The SMILES string of the molecule is CCc1nn2c(C=O)cnc2s1. The molecular formula is C7H7N3OS. The Morgan fingerprint density at radius 2 is 2.58 bits per heavy atom. The molecule has 0 saturated carbocycles. The number of hydrogen-bond donors (Lipinski definition) is 0. The number of fused-ring (bicyclic) bond motifs is 1. The van der Waals surface area contributed by atoms with Crippen molar-refractivity contribution in [3.05, 3.63) is 16.9 Å². The van der Waals surface area contributed by atoms with Gasteiger partial charge in [0.25, 0.3) is 0 Å². The van der Waals surface area contributed by atoms with Crippen LogP contribution in [0.1, 0.15) is 22.4 Å². The number of imidazole rings is 1. The fraction of sp³-hybridized carbons (Fsp3) is 0.286. The highest BCUT2D eigenvalue weighted by Crippen LogP contribution is 2.14. The second-order valence-corrected chi connectivity index (χ2v) is 3.39. The van der Waals surface area contributed by atoms with E-state index in [9.17, 15) is 4.79 Å². The third-order valence-electron chi connectivity index (χ3n) is 1.58. The van der Waals surface area contributed by atoms with Gasteiger partial charge in [-0.2, -0.15) is 5.10 Å². The summed E-state index contributed by atoms with van der Waals surface area (Å²) in [6.07, 6.45) is 3.18. The van der Waals surface area contributed by atoms with Crippen LogP contribution in [0.15, 0.2) is 6.20 Å². The Kier molecular flexibility index (Phi) is 1.65. The van der Waals surface area contributed by atoms with Crippen LogP contribution in [0.2, 0.25) is 0 Å². The minimum Gasteiger partial charge on any atom is -0.296 e. The van der Waals surface area contributed by atoms with Gasteiger partial charge in [0.15, 0.2) is 6.29 Å². The maximum absolute atomic E-state index is 10.5. The molecule has 2 rings (SSSR count). The van der Waals surface area contributed by atoms with E-state index >= 15 is 0 Å². The lowest BCUT2D eigenvalue weighted by Gasteiger charge is -1.83. The first kappa shape index (κ1) is 7.42. The van der Waals surface area contributed by atoms with Gasteiger partial charge in [-0.3, -0.25) is 4.79 Å². The molecule has 0 unspecified atom stereocenters. The quantitative estimate of drug-likeness (QED) is 0.653. The predicted molar refractivity (Wildman–Crippen MR) is 45.6 cm³/mol. The van der Waals surface area contributed by atoms with Gasteiger partial charge in [-0.1, -0.05) is 18.3 Å². The Morgan fingerprint density at radius 3 is 3.25 bits per heavy atom. The number of nitrogens with zero attached hydrogens (tertiary/aromatic N) is 3. The fourth-order valence-corrected chi connectivity index (χ4v) is 1.79. The number of hydrogen-bond acceptors (Lipinski definition) is 4. The first-order valence-electron chi connectivity index (χ1n) is 3.63. The molecule has 2 aromatic rings.